The van der Waals surface area contributed by atoms with Gasteiger partial charge in [-0.15, -0.1) is 5.10 Å². The van der Waals surface area contributed by atoms with Crippen LogP contribution in [0.4, 0.5) is 0 Å². The summed E-state index contributed by atoms with van der Waals surface area (Å²) in [5, 5.41) is 8.74. The van der Waals surface area contributed by atoms with Crippen molar-refractivity contribution < 1.29 is 14.2 Å². The molecular weight excluding hydrogens is 368 g/mol. The number of benzene rings is 1. The molecule has 1 fully saturated rings. The van der Waals surface area contributed by atoms with Crippen molar-refractivity contribution in [2.24, 2.45) is 5.92 Å². The van der Waals surface area contributed by atoms with Crippen molar-refractivity contribution in [1.29, 1.82) is 0 Å². The molecule has 2 heterocycles. The highest BCUT2D eigenvalue weighted by molar-refractivity contribution is 5.80. The first-order valence-corrected chi connectivity index (χ1v) is 9.98. The molecule has 154 valence electrons. The molecule has 0 aliphatic heterocycles. The fourth-order valence-electron chi connectivity index (χ4n) is 3.62. The highest BCUT2D eigenvalue weighted by Gasteiger charge is 2.34. The number of methoxy groups -OCH3 is 2. The van der Waals surface area contributed by atoms with E-state index in [0.29, 0.717) is 11.6 Å². The molecule has 7 heteroatoms. The molecule has 2 aromatic heterocycles. The summed E-state index contributed by atoms with van der Waals surface area (Å²) < 4.78 is 19.6. The Morgan fingerprint density at radius 1 is 1.21 bits per heavy atom. The van der Waals surface area contributed by atoms with Gasteiger partial charge >= 0.3 is 0 Å². The molecule has 0 N–H and O–H groups in total. The molecule has 29 heavy (non-hydrogen) atoms. The molecule has 0 spiro atoms. The van der Waals surface area contributed by atoms with Gasteiger partial charge in [0, 0.05) is 38.1 Å². The predicted octanol–water partition coefficient (Wildman–Crippen LogP) is 4.45. The minimum Gasteiger partial charge on any atom is -0.438 e. The Morgan fingerprint density at radius 2 is 2.00 bits per heavy atom. The van der Waals surface area contributed by atoms with Crippen LogP contribution in [0.5, 0.6) is 11.6 Å². The lowest BCUT2D eigenvalue weighted by Crippen LogP contribution is -2.33. The molecule has 3 aromatic rings. The third-order valence-electron chi connectivity index (χ3n) is 5.70. The number of pyridine rings is 1. The molecule has 1 saturated carbocycles. The zero-order chi connectivity index (χ0) is 20.6. The van der Waals surface area contributed by atoms with E-state index < -0.39 is 5.60 Å². The number of ether oxygens (including phenoxy) is 3. The third kappa shape index (κ3) is 3.84. The molecule has 1 atom stereocenters. The van der Waals surface area contributed by atoms with Gasteiger partial charge in [-0.05, 0) is 63.8 Å². The number of rotatable bonds is 8. The lowest BCUT2D eigenvalue weighted by molar-refractivity contribution is -0.0976. The first-order chi connectivity index (χ1) is 13.9. The first kappa shape index (κ1) is 19.8. The largest absolute Gasteiger partial charge is 0.438 e. The van der Waals surface area contributed by atoms with Crippen LogP contribution in [-0.2, 0) is 16.0 Å². The Labute approximate surface area is 171 Å². The highest BCUT2D eigenvalue weighted by Crippen LogP contribution is 2.38. The van der Waals surface area contributed by atoms with E-state index >= 15 is 0 Å². The van der Waals surface area contributed by atoms with Gasteiger partial charge in [-0.2, -0.15) is 0 Å². The molecule has 1 aliphatic rings. The predicted molar refractivity (Wildman–Crippen MR) is 110 cm³/mol. The Kier molecular flexibility index (Phi) is 5.27. The van der Waals surface area contributed by atoms with E-state index in [-0.39, 0.29) is 6.10 Å². The van der Waals surface area contributed by atoms with Crippen LogP contribution in [-0.4, -0.2) is 39.8 Å². The molecule has 0 radical (unpaired) electrons. The van der Waals surface area contributed by atoms with Crippen LogP contribution in [0.15, 0.2) is 30.5 Å². The number of hydrogen-bond acceptors (Lipinski definition) is 6. The lowest BCUT2D eigenvalue weighted by Gasteiger charge is -2.32. The molecule has 0 saturated heterocycles. The van der Waals surface area contributed by atoms with Crippen molar-refractivity contribution in [3.05, 3.63) is 41.6 Å². The minimum atomic E-state index is -0.541. The monoisotopic (exact) mass is 396 g/mol. The Bertz CT molecular complexity index is 1010. The van der Waals surface area contributed by atoms with Crippen LogP contribution in [0, 0.1) is 12.8 Å². The Balaban J connectivity index is 1.68. The van der Waals surface area contributed by atoms with Crippen LogP contribution in [0.2, 0.25) is 0 Å². The van der Waals surface area contributed by atoms with Gasteiger partial charge in [0.2, 0.25) is 5.88 Å². The van der Waals surface area contributed by atoms with Gasteiger partial charge in [-0.25, -0.2) is 9.67 Å². The van der Waals surface area contributed by atoms with Gasteiger partial charge < -0.3 is 14.2 Å². The van der Waals surface area contributed by atoms with Crippen molar-refractivity contribution in [2.75, 3.05) is 14.2 Å². The van der Waals surface area contributed by atoms with Crippen molar-refractivity contribution in [2.45, 2.75) is 51.9 Å². The Morgan fingerprint density at radius 3 is 2.69 bits per heavy atom. The van der Waals surface area contributed by atoms with Crippen LogP contribution in [0.1, 0.15) is 43.9 Å². The van der Waals surface area contributed by atoms with Gasteiger partial charge in [0.05, 0.1) is 11.1 Å². The number of hydrogen-bond donors (Lipinski definition) is 0. The van der Waals surface area contributed by atoms with Crippen LogP contribution in [0.3, 0.4) is 0 Å². The molecule has 4 rings (SSSR count). The average Bonchev–Trinajstić information content (AvgIpc) is 3.44. The Hall–Kier alpha value is -2.51. The summed E-state index contributed by atoms with van der Waals surface area (Å²) in [6.45, 7) is 6.90. The number of aromatic nitrogens is 4. The second kappa shape index (κ2) is 7.72. The second-order valence-electron chi connectivity index (χ2n) is 8.19. The first-order valence-electron chi connectivity index (χ1n) is 9.98. The van der Waals surface area contributed by atoms with Gasteiger partial charge in [-0.1, -0.05) is 5.21 Å². The van der Waals surface area contributed by atoms with E-state index in [1.54, 1.807) is 20.4 Å². The average molecular weight is 396 g/mol. The van der Waals surface area contributed by atoms with Gasteiger partial charge in [0.1, 0.15) is 17.4 Å². The smallest absolute Gasteiger partial charge is 0.225 e. The minimum absolute atomic E-state index is 0.334. The molecule has 1 aromatic carbocycles. The number of fused-ring (bicyclic) bond motifs is 1. The number of nitrogens with zero attached hydrogens (tertiary/aromatic N) is 4. The highest BCUT2D eigenvalue weighted by atomic mass is 16.5. The molecule has 1 aliphatic carbocycles. The van der Waals surface area contributed by atoms with Crippen LogP contribution in [0.25, 0.3) is 11.0 Å². The molecular formula is C22H28N4O3. The SMILES string of the molecule is COC(c1cccnc1Oc1ccc2c(nnn2CC2CC2)c1C)C(C)(C)OC. The third-order valence-corrected chi connectivity index (χ3v) is 5.70. The maximum absolute atomic E-state index is 6.25. The molecule has 7 nitrogen and oxygen atoms in total. The zero-order valence-electron chi connectivity index (χ0n) is 17.7. The van der Waals surface area contributed by atoms with E-state index in [4.69, 9.17) is 14.2 Å². The summed E-state index contributed by atoms with van der Waals surface area (Å²) in [4.78, 5) is 4.47. The summed E-state index contributed by atoms with van der Waals surface area (Å²) in [7, 11) is 3.34. The zero-order valence-corrected chi connectivity index (χ0v) is 17.7. The number of aryl methyl sites for hydroxylation is 1. The van der Waals surface area contributed by atoms with E-state index in [0.717, 1.165) is 34.6 Å². The van der Waals surface area contributed by atoms with Gasteiger partial charge in [0.15, 0.2) is 0 Å². The fourth-order valence-corrected chi connectivity index (χ4v) is 3.62. The fraction of sp³-hybridized carbons (Fsp3) is 0.500. The lowest BCUT2D eigenvalue weighted by atomic mass is 9.95. The van der Waals surface area contributed by atoms with E-state index in [2.05, 4.69) is 15.3 Å². The van der Waals surface area contributed by atoms with E-state index in [9.17, 15) is 0 Å². The summed E-state index contributed by atoms with van der Waals surface area (Å²) in [5.41, 5.74) is 3.14. The maximum Gasteiger partial charge on any atom is 0.225 e. The van der Waals surface area contributed by atoms with Crippen molar-refractivity contribution in [1.82, 2.24) is 20.0 Å². The second-order valence-corrected chi connectivity index (χ2v) is 8.19. The quantitative estimate of drug-likeness (QED) is 0.560. The van der Waals surface area contributed by atoms with E-state index in [1.165, 1.54) is 12.8 Å². The molecule has 1 unspecified atom stereocenters. The standard InChI is InChI=1S/C22H28N4O3/c1-14-18(11-10-17-19(14)24-25-26(17)13-15-8-9-15)29-21-16(7-6-12-23-21)20(27-4)22(2,3)28-5/h6-7,10-12,15,20H,8-9,13H2,1-5H3. The normalized spacial score (nSPS) is 15.6. The maximum atomic E-state index is 6.25. The van der Waals surface area contributed by atoms with Crippen molar-refractivity contribution >= 4 is 11.0 Å². The van der Waals surface area contributed by atoms with Crippen LogP contribution < -0.4 is 4.74 Å². The van der Waals surface area contributed by atoms with Crippen molar-refractivity contribution in [3.8, 4) is 11.6 Å². The van der Waals surface area contributed by atoms with Crippen LogP contribution >= 0.6 is 0 Å². The topological polar surface area (TPSA) is 71.3 Å². The van der Waals surface area contributed by atoms with Gasteiger partial charge in [0.25, 0.3) is 0 Å². The molecule has 0 bridgehead atoms. The van der Waals surface area contributed by atoms with E-state index in [1.807, 2.05) is 49.7 Å². The summed E-state index contributed by atoms with van der Waals surface area (Å²) in [5.74, 6) is 1.95. The summed E-state index contributed by atoms with van der Waals surface area (Å²) in [6, 6.07) is 7.82. The molecule has 0 amide bonds. The van der Waals surface area contributed by atoms with Crippen molar-refractivity contribution in [3.63, 3.8) is 0 Å². The summed E-state index contributed by atoms with van der Waals surface area (Å²) >= 11 is 0. The summed E-state index contributed by atoms with van der Waals surface area (Å²) in [6.07, 6.45) is 3.94. The van der Waals surface area contributed by atoms with Gasteiger partial charge in [-0.3, -0.25) is 0 Å².